The molecule has 0 bridgehead atoms. The summed E-state index contributed by atoms with van der Waals surface area (Å²) in [7, 11) is -1.71. The minimum absolute atomic E-state index is 0.00944. The highest BCUT2D eigenvalue weighted by molar-refractivity contribution is 7.92. The lowest BCUT2D eigenvalue weighted by molar-refractivity contribution is 0.129. The molecule has 1 aromatic heterocycles. The third-order valence-corrected chi connectivity index (χ3v) is 6.15. The second kappa shape index (κ2) is 5.02. The van der Waals surface area contributed by atoms with Gasteiger partial charge in [-0.25, -0.2) is 8.42 Å². The number of nitrogens with two attached hydrogens (primary N) is 1. The Labute approximate surface area is 111 Å². The van der Waals surface area contributed by atoms with Crippen molar-refractivity contribution in [1.29, 1.82) is 0 Å². The number of ether oxygens (including phenoxy) is 1. The van der Waals surface area contributed by atoms with E-state index in [-0.39, 0.29) is 22.1 Å². The number of aromatic nitrogens is 1. The predicted octanol–water partition coefficient (Wildman–Crippen LogP) is 1.11. The molecule has 1 aliphatic carbocycles. The summed E-state index contributed by atoms with van der Waals surface area (Å²) in [6.45, 7) is 2.41. The Morgan fingerprint density at radius 3 is 2.83 bits per heavy atom. The zero-order valence-corrected chi connectivity index (χ0v) is 12.0. The molecule has 1 saturated carbocycles. The Hall–Kier alpha value is -0.860. The van der Waals surface area contributed by atoms with Gasteiger partial charge in [0.25, 0.3) is 0 Å². The molecular formula is C10H17N3O3S2. The van der Waals surface area contributed by atoms with E-state index in [4.69, 9.17) is 10.5 Å². The van der Waals surface area contributed by atoms with Gasteiger partial charge in [0.15, 0.2) is 15.7 Å². The van der Waals surface area contributed by atoms with Crippen LogP contribution in [0.2, 0.25) is 0 Å². The lowest BCUT2D eigenvalue weighted by Crippen LogP contribution is -2.19. The topological polar surface area (TPSA) is 94.3 Å². The van der Waals surface area contributed by atoms with Crippen LogP contribution in [0.3, 0.4) is 0 Å². The average Bonchev–Trinajstić information content (AvgIpc) is 3.11. The molecule has 102 valence electrons. The predicted molar refractivity (Wildman–Crippen MR) is 71.7 cm³/mol. The van der Waals surface area contributed by atoms with Gasteiger partial charge in [0.1, 0.15) is 9.90 Å². The molecule has 1 aromatic rings. The van der Waals surface area contributed by atoms with Crippen LogP contribution >= 0.6 is 11.5 Å². The molecule has 2 rings (SSSR count). The molecule has 18 heavy (non-hydrogen) atoms. The van der Waals surface area contributed by atoms with Crippen LogP contribution in [0.25, 0.3) is 0 Å². The van der Waals surface area contributed by atoms with Crippen LogP contribution < -0.4 is 11.1 Å². The Kier molecular flexibility index (Phi) is 3.79. The molecule has 0 aliphatic heterocycles. The summed E-state index contributed by atoms with van der Waals surface area (Å²) in [6.07, 6.45) is 1.42. The zero-order valence-electron chi connectivity index (χ0n) is 10.3. The van der Waals surface area contributed by atoms with E-state index in [9.17, 15) is 8.42 Å². The SMILES string of the molecule is COC(C)CNc1snc(N)c1S(=O)(=O)C1CC1. The lowest BCUT2D eigenvalue weighted by atomic mass is 10.4. The molecule has 3 N–H and O–H groups in total. The first-order chi connectivity index (χ1) is 8.46. The van der Waals surface area contributed by atoms with Crippen molar-refractivity contribution in [3.05, 3.63) is 0 Å². The van der Waals surface area contributed by atoms with E-state index < -0.39 is 9.84 Å². The third-order valence-electron chi connectivity index (χ3n) is 2.87. The standard InChI is InChI=1S/C10H17N3O3S2/c1-6(16-2)5-12-10-8(9(11)13-17-10)18(14,15)7-3-4-7/h6-7,12H,3-5H2,1-2H3,(H2,11,13). The summed E-state index contributed by atoms with van der Waals surface area (Å²) in [5, 5.41) is 3.28. The van der Waals surface area contributed by atoms with Crippen LogP contribution in [-0.2, 0) is 14.6 Å². The van der Waals surface area contributed by atoms with Crippen molar-refractivity contribution in [2.75, 3.05) is 24.7 Å². The van der Waals surface area contributed by atoms with Crippen molar-refractivity contribution >= 4 is 32.2 Å². The number of rotatable bonds is 6. The van der Waals surface area contributed by atoms with Crippen LogP contribution in [0, 0.1) is 0 Å². The fraction of sp³-hybridized carbons (Fsp3) is 0.700. The molecule has 1 atom stereocenters. The second-order valence-corrected chi connectivity index (χ2v) is 7.34. The van der Waals surface area contributed by atoms with Crippen LogP contribution in [0.15, 0.2) is 4.90 Å². The molecule has 0 saturated heterocycles. The molecule has 6 nitrogen and oxygen atoms in total. The molecule has 0 amide bonds. The monoisotopic (exact) mass is 291 g/mol. The van der Waals surface area contributed by atoms with Crippen LogP contribution in [0.4, 0.5) is 10.8 Å². The number of anilines is 2. The summed E-state index contributed by atoms with van der Waals surface area (Å²) in [6, 6.07) is 0. The number of nitrogens with one attached hydrogen (secondary N) is 1. The van der Waals surface area contributed by atoms with Gasteiger partial charge in [-0.3, -0.25) is 0 Å². The van der Waals surface area contributed by atoms with Crippen LogP contribution in [0.1, 0.15) is 19.8 Å². The van der Waals surface area contributed by atoms with E-state index in [1.165, 1.54) is 0 Å². The smallest absolute Gasteiger partial charge is 0.187 e. The number of hydrogen-bond acceptors (Lipinski definition) is 7. The van der Waals surface area contributed by atoms with Gasteiger partial charge in [-0.05, 0) is 31.3 Å². The molecule has 1 unspecified atom stereocenters. The van der Waals surface area contributed by atoms with Gasteiger partial charge in [0.2, 0.25) is 0 Å². The number of nitrogens with zero attached hydrogens (tertiary/aromatic N) is 1. The second-order valence-electron chi connectivity index (χ2n) is 4.40. The number of hydrogen-bond donors (Lipinski definition) is 2. The summed E-state index contributed by atoms with van der Waals surface area (Å²) in [5.41, 5.74) is 5.68. The Morgan fingerprint density at radius 1 is 1.61 bits per heavy atom. The van der Waals surface area contributed by atoms with E-state index in [1.807, 2.05) is 6.92 Å². The Bertz CT molecular complexity index is 522. The normalized spacial score (nSPS) is 17.7. The minimum Gasteiger partial charge on any atom is -0.382 e. The van der Waals surface area contributed by atoms with Gasteiger partial charge in [-0.2, -0.15) is 4.37 Å². The van der Waals surface area contributed by atoms with Gasteiger partial charge >= 0.3 is 0 Å². The molecule has 1 fully saturated rings. The van der Waals surface area contributed by atoms with Gasteiger partial charge in [-0.1, -0.05) is 0 Å². The van der Waals surface area contributed by atoms with Crippen LogP contribution in [0.5, 0.6) is 0 Å². The minimum atomic E-state index is -3.32. The molecular weight excluding hydrogens is 274 g/mol. The van der Waals surface area contributed by atoms with Gasteiger partial charge in [-0.15, -0.1) is 0 Å². The quantitative estimate of drug-likeness (QED) is 0.815. The number of methoxy groups -OCH3 is 1. The lowest BCUT2D eigenvalue weighted by Gasteiger charge is -2.11. The van der Waals surface area contributed by atoms with Gasteiger partial charge in [0.05, 0.1) is 11.4 Å². The van der Waals surface area contributed by atoms with Crippen molar-refractivity contribution < 1.29 is 13.2 Å². The first-order valence-corrected chi connectivity index (χ1v) is 8.04. The third kappa shape index (κ3) is 2.60. The summed E-state index contributed by atoms with van der Waals surface area (Å²) in [4.78, 5) is 0.165. The van der Waals surface area contributed by atoms with E-state index >= 15 is 0 Å². The Balaban J connectivity index is 2.22. The Morgan fingerprint density at radius 2 is 2.28 bits per heavy atom. The van der Waals surface area contributed by atoms with Crippen molar-refractivity contribution in [1.82, 2.24) is 4.37 Å². The molecule has 0 aromatic carbocycles. The van der Waals surface area contributed by atoms with Crippen molar-refractivity contribution in [3.8, 4) is 0 Å². The molecule has 1 aliphatic rings. The first kappa shape index (κ1) is 13.6. The maximum atomic E-state index is 12.2. The number of nitrogen functional groups attached to an aromatic ring is 1. The van der Waals surface area contributed by atoms with E-state index in [1.54, 1.807) is 7.11 Å². The number of sulfone groups is 1. The fourth-order valence-corrected chi connectivity index (χ4v) is 4.44. The highest BCUT2D eigenvalue weighted by atomic mass is 32.2. The highest BCUT2D eigenvalue weighted by Crippen LogP contribution is 2.40. The molecule has 1 heterocycles. The summed E-state index contributed by atoms with van der Waals surface area (Å²) < 4.78 is 33.5. The van der Waals surface area contributed by atoms with Gasteiger partial charge < -0.3 is 15.8 Å². The van der Waals surface area contributed by atoms with Crippen LogP contribution in [-0.4, -0.2) is 37.8 Å². The average molecular weight is 291 g/mol. The van der Waals surface area contributed by atoms with E-state index in [0.29, 0.717) is 24.4 Å². The van der Waals surface area contributed by atoms with E-state index in [2.05, 4.69) is 9.69 Å². The largest absolute Gasteiger partial charge is 0.382 e. The van der Waals surface area contributed by atoms with Crippen molar-refractivity contribution in [3.63, 3.8) is 0 Å². The first-order valence-electron chi connectivity index (χ1n) is 5.72. The zero-order chi connectivity index (χ0) is 13.3. The molecule has 8 heteroatoms. The fourth-order valence-electron chi connectivity index (χ4n) is 1.55. The van der Waals surface area contributed by atoms with Crippen molar-refractivity contribution in [2.24, 2.45) is 0 Å². The van der Waals surface area contributed by atoms with Gasteiger partial charge in [0, 0.05) is 13.7 Å². The molecule has 0 spiro atoms. The van der Waals surface area contributed by atoms with Crippen molar-refractivity contribution in [2.45, 2.75) is 36.0 Å². The maximum Gasteiger partial charge on any atom is 0.187 e. The maximum absolute atomic E-state index is 12.2. The van der Waals surface area contributed by atoms with E-state index in [0.717, 1.165) is 11.5 Å². The summed E-state index contributed by atoms with van der Waals surface area (Å²) >= 11 is 1.08. The summed E-state index contributed by atoms with van der Waals surface area (Å²) in [5.74, 6) is 0.0967. The highest BCUT2D eigenvalue weighted by Gasteiger charge is 2.40. The molecule has 0 radical (unpaired) electrons.